The third-order valence-electron chi connectivity index (χ3n) is 3.57. The molecule has 6 heteroatoms. The molecule has 1 N–H and O–H groups in total. The van der Waals surface area contributed by atoms with E-state index in [1.165, 1.54) is 5.41 Å². The Morgan fingerprint density at radius 3 is 2.65 bits per heavy atom. The van der Waals surface area contributed by atoms with Crippen LogP contribution in [0.15, 0.2) is 11.5 Å². The van der Waals surface area contributed by atoms with Gasteiger partial charge in [-0.1, -0.05) is 0 Å². The molecule has 1 aliphatic carbocycles. The molecule has 3 aliphatic rings. The van der Waals surface area contributed by atoms with Crippen LogP contribution in [-0.2, 0) is 14.6 Å². The highest BCUT2D eigenvalue weighted by molar-refractivity contribution is 7.94. The van der Waals surface area contributed by atoms with Crippen LogP contribution in [0.3, 0.4) is 0 Å². The third kappa shape index (κ3) is 2.24. The second-order valence-corrected chi connectivity index (χ2v) is 6.97. The van der Waals surface area contributed by atoms with Crippen molar-refractivity contribution >= 4 is 15.7 Å². The van der Waals surface area contributed by atoms with Gasteiger partial charge in [-0.15, -0.1) is 0 Å². The van der Waals surface area contributed by atoms with E-state index in [1.54, 1.807) is 11.0 Å². The average Bonchev–Trinajstić information content (AvgIpc) is 2.91. The van der Waals surface area contributed by atoms with Gasteiger partial charge in [-0.3, -0.25) is 4.79 Å². The lowest BCUT2D eigenvalue weighted by atomic mass is 10.2. The normalized spacial score (nSPS) is 35.8. The summed E-state index contributed by atoms with van der Waals surface area (Å²) >= 11 is 0. The van der Waals surface area contributed by atoms with E-state index in [2.05, 4.69) is 5.32 Å². The maximum Gasteiger partial charge on any atom is 0.240 e. The zero-order valence-electron chi connectivity index (χ0n) is 9.50. The molecule has 0 spiro atoms. The highest BCUT2D eigenvalue weighted by atomic mass is 32.2. The Morgan fingerprint density at radius 2 is 2.06 bits per heavy atom. The van der Waals surface area contributed by atoms with Gasteiger partial charge in [-0.05, 0) is 25.3 Å². The van der Waals surface area contributed by atoms with Gasteiger partial charge < -0.3 is 10.2 Å². The Balaban J connectivity index is 1.65. The summed E-state index contributed by atoms with van der Waals surface area (Å²) in [5, 5.41) is 4.54. The first-order valence-electron chi connectivity index (χ1n) is 6.03. The lowest BCUT2D eigenvalue weighted by molar-refractivity contribution is -0.130. The number of rotatable bonds is 3. The molecule has 1 amide bonds. The average molecular weight is 256 g/mol. The SMILES string of the molecule is O=C1C(NC2CC2)CCN1C1C=CS(=O)(=O)C1. The monoisotopic (exact) mass is 256 g/mol. The topological polar surface area (TPSA) is 66.5 Å². The van der Waals surface area contributed by atoms with E-state index in [4.69, 9.17) is 0 Å². The van der Waals surface area contributed by atoms with Crippen LogP contribution < -0.4 is 5.32 Å². The lowest BCUT2D eigenvalue weighted by Gasteiger charge is -2.22. The minimum atomic E-state index is -3.08. The van der Waals surface area contributed by atoms with Crippen molar-refractivity contribution in [1.82, 2.24) is 10.2 Å². The van der Waals surface area contributed by atoms with Crippen LogP contribution in [0, 0.1) is 0 Å². The molecule has 94 valence electrons. The van der Waals surface area contributed by atoms with Crippen LogP contribution in [0.2, 0.25) is 0 Å². The number of likely N-dealkylation sites (tertiary alicyclic amines) is 1. The van der Waals surface area contributed by atoms with E-state index < -0.39 is 9.84 Å². The summed E-state index contributed by atoms with van der Waals surface area (Å²) < 4.78 is 22.7. The highest BCUT2D eigenvalue weighted by Gasteiger charge is 2.40. The molecule has 2 unspecified atom stereocenters. The van der Waals surface area contributed by atoms with Crippen molar-refractivity contribution in [3.8, 4) is 0 Å². The Kier molecular flexibility index (Phi) is 2.52. The van der Waals surface area contributed by atoms with Crippen LogP contribution in [0.25, 0.3) is 0 Å². The summed E-state index contributed by atoms with van der Waals surface area (Å²) in [5.74, 6) is 0.109. The van der Waals surface area contributed by atoms with Crippen molar-refractivity contribution in [1.29, 1.82) is 0 Å². The summed E-state index contributed by atoms with van der Waals surface area (Å²) in [4.78, 5) is 13.8. The molecular weight excluding hydrogens is 240 g/mol. The molecule has 0 aromatic heterocycles. The molecule has 0 aromatic carbocycles. The molecule has 2 heterocycles. The van der Waals surface area contributed by atoms with Gasteiger partial charge >= 0.3 is 0 Å². The Labute approximate surface area is 101 Å². The number of sulfone groups is 1. The van der Waals surface area contributed by atoms with E-state index in [-0.39, 0.29) is 23.7 Å². The predicted molar refractivity (Wildman–Crippen MR) is 63.0 cm³/mol. The molecule has 2 aliphatic heterocycles. The van der Waals surface area contributed by atoms with Crippen molar-refractivity contribution in [2.24, 2.45) is 0 Å². The largest absolute Gasteiger partial charge is 0.334 e. The molecule has 2 fully saturated rings. The van der Waals surface area contributed by atoms with Gasteiger partial charge in [0.2, 0.25) is 5.91 Å². The van der Waals surface area contributed by atoms with Gasteiger partial charge in [0.15, 0.2) is 9.84 Å². The number of hydrogen-bond donors (Lipinski definition) is 1. The Morgan fingerprint density at radius 1 is 1.29 bits per heavy atom. The fraction of sp³-hybridized carbons (Fsp3) is 0.727. The van der Waals surface area contributed by atoms with Gasteiger partial charge in [-0.25, -0.2) is 8.42 Å². The maximum atomic E-state index is 12.1. The molecular formula is C11H16N2O3S. The third-order valence-corrected chi connectivity index (χ3v) is 4.94. The summed E-state index contributed by atoms with van der Waals surface area (Å²) in [6.45, 7) is 0.660. The van der Waals surface area contributed by atoms with Crippen molar-refractivity contribution in [2.45, 2.75) is 37.4 Å². The predicted octanol–water partition coefficient (Wildman–Crippen LogP) is -0.350. The maximum absolute atomic E-state index is 12.1. The minimum absolute atomic E-state index is 0.0505. The van der Waals surface area contributed by atoms with Gasteiger partial charge in [0.05, 0.1) is 17.8 Å². The first kappa shape index (κ1) is 11.2. The highest BCUT2D eigenvalue weighted by Crippen LogP contribution is 2.25. The van der Waals surface area contributed by atoms with Crippen molar-refractivity contribution in [3.63, 3.8) is 0 Å². The quantitative estimate of drug-likeness (QED) is 0.749. The van der Waals surface area contributed by atoms with Crippen LogP contribution in [0.5, 0.6) is 0 Å². The summed E-state index contributed by atoms with van der Waals surface area (Å²) in [5.41, 5.74) is 0. The molecule has 0 bridgehead atoms. The fourth-order valence-electron chi connectivity index (χ4n) is 2.47. The number of hydrogen-bond acceptors (Lipinski definition) is 4. The minimum Gasteiger partial charge on any atom is -0.334 e. The van der Waals surface area contributed by atoms with Gasteiger partial charge in [-0.2, -0.15) is 0 Å². The standard InChI is InChI=1S/C11H16N2O3S/c14-11-10(12-8-1-2-8)3-5-13(11)9-4-6-17(15,16)7-9/h4,6,8-10,12H,1-3,5,7H2. The number of nitrogens with zero attached hydrogens (tertiary/aromatic N) is 1. The molecule has 1 saturated heterocycles. The lowest BCUT2D eigenvalue weighted by Crippen LogP contribution is -2.43. The smallest absolute Gasteiger partial charge is 0.240 e. The number of carbonyl (C=O) groups is 1. The van der Waals surface area contributed by atoms with E-state index in [0.717, 1.165) is 19.3 Å². The molecule has 0 aromatic rings. The summed E-state index contributed by atoms with van der Waals surface area (Å²) in [7, 11) is -3.08. The molecule has 0 radical (unpaired) electrons. The number of carbonyl (C=O) groups excluding carboxylic acids is 1. The zero-order valence-corrected chi connectivity index (χ0v) is 10.3. The van der Waals surface area contributed by atoms with Crippen LogP contribution >= 0.6 is 0 Å². The molecule has 5 nitrogen and oxygen atoms in total. The van der Waals surface area contributed by atoms with Gasteiger partial charge in [0.1, 0.15) is 0 Å². The first-order chi connectivity index (χ1) is 8.05. The van der Waals surface area contributed by atoms with Gasteiger partial charge in [0.25, 0.3) is 0 Å². The zero-order chi connectivity index (χ0) is 12.0. The summed E-state index contributed by atoms with van der Waals surface area (Å²) in [6, 6.07) is 0.157. The molecule has 3 rings (SSSR count). The Bertz CT molecular complexity index is 467. The van der Waals surface area contributed by atoms with Crippen molar-refractivity contribution in [3.05, 3.63) is 11.5 Å². The molecule has 1 saturated carbocycles. The fourth-order valence-corrected chi connectivity index (χ4v) is 3.77. The van der Waals surface area contributed by atoms with Crippen LogP contribution in [0.4, 0.5) is 0 Å². The number of amides is 1. The number of nitrogens with one attached hydrogen (secondary N) is 1. The Hall–Kier alpha value is -0.880. The van der Waals surface area contributed by atoms with Crippen molar-refractivity contribution in [2.75, 3.05) is 12.3 Å². The first-order valence-corrected chi connectivity index (χ1v) is 7.74. The van der Waals surface area contributed by atoms with E-state index in [9.17, 15) is 13.2 Å². The summed E-state index contributed by atoms with van der Waals surface area (Å²) in [6.07, 6.45) is 4.73. The van der Waals surface area contributed by atoms with Crippen LogP contribution in [0.1, 0.15) is 19.3 Å². The van der Waals surface area contributed by atoms with Gasteiger partial charge in [0, 0.05) is 18.0 Å². The van der Waals surface area contributed by atoms with E-state index in [1.807, 2.05) is 0 Å². The van der Waals surface area contributed by atoms with Crippen molar-refractivity contribution < 1.29 is 13.2 Å². The molecule has 2 atom stereocenters. The van der Waals surface area contributed by atoms with E-state index >= 15 is 0 Å². The second kappa shape index (κ2) is 3.81. The second-order valence-electron chi connectivity index (χ2n) is 5.04. The van der Waals surface area contributed by atoms with E-state index in [0.29, 0.717) is 12.6 Å². The molecule has 17 heavy (non-hydrogen) atoms. The van der Waals surface area contributed by atoms with Crippen LogP contribution in [-0.4, -0.2) is 49.6 Å².